The van der Waals surface area contributed by atoms with Gasteiger partial charge in [-0.1, -0.05) is 44.2 Å². The van der Waals surface area contributed by atoms with E-state index in [1.165, 1.54) is 0 Å². The molecule has 1 rings (SSSR count). The van der Waals surface area contributed by atoms with Gasteiger partial charge in [-0.05, 0) is 24.8 Å². The summed E-state index contributed by atoms with van der Waals surface area (Å²) in [5, 5.41) is 18.5. The molecule has 0 aliphatic rings. The average Bonchev–Trinajstić information content (AvgIpc) is 2.53. The Morgan fingerprint density at radius 1 is 1.29 bits per heavy atom. The third kappa shape index (κ3) is 4.87. The molecule has 0 bridgehead atoms. The first-order valence-corrected chi connectivity index (χ1v) is 7.52. The van der Waals surface area contributed by atoms with E-state index in [4.69, 9.17) is 0 Å². The van der Waals surface area contributed by atoms with Crippen molar-refractivity contribution in [3.05, 3.63) is 35.9 Å². The van der Waals surface area contributed by atoms with Crippen LogP contribution in [0.3, 0.4) is 0 Å². The van der Waals surface area contributed by atoms with Crippen LogP contribution in [0.2, 0.25) is 0 Å². The molecule has 0 saturated carbocycles. The molecule has 1 amide bonds. The summed E-state index contributed by atoms with van der Waals surface area (Å²) >= 11 is 0. The lowest BCUT2D eigenvalue weighted by atomic mass is 9.98. The highest BCUT2D eigenvalue weighted by molar-refractivity contribution is 5.81. The van der Waals surface area contributed by atoms with E-state index < -0.39 is 5.92 Å². The second kappa shape index (κ2) is 9.15. The Morgan fingerprint density at radius 2 is 1.90 bits per heavy atom. The van der Waals surface area contributed by atoms with Crippen LogP contribution < -0.4 is 0 Å². The number of nitriles is 1. The minimum Gasteiger partial charge on any atom is -0.395 e. The van der Waals surface area contributed by atoms with Crippen LogP contribution in [-0.2, 0) is 11.2 Å². The largest absolute Gasteiger partial charge is 0.395 e. The lowest BCUT2D eigenvalue weighted by molar-refractivity contribution is -0.136. The Kier molecular flexibility index (Phi) is 7.49. The summed E-state index contributed by atoms with van der Waals surface area (Å²) in [4.78, 5) is 14.3. The van der Waals surface area contributed by atoms with Gasteiger partial charge in [-0.15, -0.1) is 0 Å². The van der Waals surface area contributed by atoms with Crippen molar-refractivity contribution in [2.45, 2.75) is 39.2 Å². The molecule has 0 aliphatic carbocycles. The van der Waals surface area contributed by atoms with Crippen molar-refractivity contribution in [2.24, 2.45) is 5.92 Å². The molecule has 0 spiro atoms. The predicted octanol–water partition coefficient (Wildman–Crippen LogP) is 2.38. The molecule has 114 valence electrons. The number of benzene rings is 1. The molecule has 4 nitrogen and oxygen atoms in total. The summed E-state index contributed by atoms with van der Waals surface area (Å²) in [6.07, 6.45) is 2.07. The highest BCUT2D eigenvalue weighted by Gasteiger charge is 2.28. The zero-order valence-corrected chi connectivity index (χ0v) is 12.8. The fraction of sp³-hybridized carbons (Fsp3) is 0.529. The summed E-state index contributed by atoms with van der Waals surface area (Å²) in [7, 11) is 0. The molecule has 1 aromatic rings. The Labute approximate surface area is 127 Å². The highest BCUT2D eigenvalue weighted by Crippen LogP contribution is 2.16. The number of amides is 1. The van der Waals surface area contributed by atoms with Gasteiger partial charge in [0, 0.05) is 12.6 Å². The third-order valence-corrected chi connectivity index (χ3v) is 3.74. The number of rotatable bonds is 8. The number of hydrogen-bond donors (Lipinski definition) is 1. The van der Waals surface area contributed by atoms with E-state index in [-0.39, 0.29) is 25.1 Å². The molecule has 0 saturated heterocycles. The SMILES string of the molecule is CCC(CC)N(CCO)C(=O)C(C#N)Cc1ccccc1. The van der Waals surface area contributed by atoms with Crippen molar-refractivity contribution < 1.29 is 9.90 Å². The summed E-state index contributed by atoms with van der Waals surface area (Å²) < 4.78 is 0. The van der Waals surface area contributed by atoms with Gasteiger partial charge in [0.25, 0.3) is 0 Å². The number of hydrogen-bond acceptors (Lipinski definition) is 3. The van der Waals surface area contributed by atoms with Crippen molar-refractivity contribution in [3.8, 4) is 6.07 Å². The summed E-state index contributed by atoms with van der Waals surface area (Å²) in [6, 6.07) is 11.8. The molecule has 1 atom stereocenters. The Hall–Kier alpha value is -1.86. The molecule has 1 N–H and O–H groups in total. The van der Waals surface area contributed by atoms with Crippen LogP contribution in [0, 0.1) is 17.2 Å². The molecular weight excluding hydrogens is 264 g/mol. The summed E-state index contributed by atoms with van der Waals surface area (Å²) in [6.45, 7) is 4.25. The van der Waals surface area contributed by atoms with Gasteiger partial charge in [-0.2, -0.15) is 5.26 Å². The quantitative estimate of drug-likeness (QED) is 0.798. The number of nitrogens with zero attached hydrogens (tertiary/aromatic N) is 2. The number of carbonyl (C=O) groups is 1. The molecule has 0 heterocycles. The minimum absolute atomic E-state index is 0.0777. The first-order valence-electron chi connectivity index (χ1n) is 7.52. The minimum atomic E-state index is -0.695. The van der Waals surface area contributed by atoms with Gasteiger partial charge in [0.15, 0.2) is 0 Å². The van der Waals surface area contributed by atoms with Gasteiger partial charge in [-0.3, -0.25) is 4.79 Å². The van der Waals surface area contributed by atoms with E-state index in [0.717, 1.165) is 18.4 Å². The number of aliphatic hydroxyl groups is 1. The van der Waals surface area contributed by atoms with Gasteiger partial charge in [0.2, 0.25) is 5.91 Å². The molecule has 0 radical (unpaired) electrons. The zero-order valence-electron chi connectivity index (χ0n) is 12.8. The molecule has 0 fully saturated rings. The highest BCUT2D eigenvalue weighted by atomic mass is 16.3. The van der Waals surface area contributed by atoms with Gasteiger partial charge in [-0.25, -0.2) is 0 Å². The molecule has 1 unspecified atom stereocenters. The molecule has 21 heavy (non-hydrogen) atoms. The average molecular weight is 288 g/mol. The Morgan fingerprint density at radius 3 is 2.38 bits per heavy atom. The molecule has 1 aromatic carbocycles. The van der Waals surface area contributed by atoms with Crippen molar-refractivity contribution in [1.29, 1.82) is 5.26 Å². The van der Waals surface area contributed by atoms with Crippen molar-refractivity contribution in [3.63, 3.8) is 0 Å². The maximum Gasteiger partial charge on any atom is 0.240 e. The predicted molar refractivity (Wildman–Crippen MR) is 82.4 cm³/mol. The first kappa shape index (κ1) is 17.2. The lowest BCUT2D eigenvalue weighted by Crippen LogP contribution is -2.45. The van der Waals surface area contributed by atoms with Crippen LogP contribution in [-0.4, -0.2) is 35.1 Å². The Bertz CT molecular complexity index is 463. The van der Waals surface area contributed by atoms with E-state index >= 15 is 0 Å². The molecule has 4 heteroatoms. The van der Waals surface area contributed by atoms with E-state index in [0.29, 0.717) is 6.42 Å². The maximum atomic E-state index is 12.6. The zero-order chi connectivity index (χ0) is 15.7. The Balaban J connectivity index is 2.86. The normalized spacial score (nSPS) is 12.0. The van der Waals surface area contributed by atoms with Gasteiger partial charge in [0.05, 0.1) is 12.7 Å². The van der Waals surface area contributed by atoms with Crippen LogP contribution in [0.4, 0.5) is 0 Å². The smallest absolute Gasteiger partial charge is 0.240 e. The van der Waals surface area contributed by atoms with Crippen LogP contribution in [0.1, 0.15) is 32.3 Å². The number of carbonyl (C=O) groups excluding carboxylic acids is 1. The molecule has 0 aliphatic heterocycles. The van der Waals surface area contributed by atoms with Gasteiger partial charge in [0.1, 0.15) is 5.92 Å². The van der Waals surface area contributed by atoms with E-state index in [1.54, 1.807) is 4.90 Å². The van der Waals surface area contributed by atoms with Crippen molar-refractivity contribution in [1.82, 2.24) is 4.90 Å². The summed E-state index contributed by atoms with van der Waals surface area (Å²) in [5.41, 5.74) is 0.978. The molecule has 0 aromatic heterocycles. The van der Waals surface area contributed by atoms with E-state index in [2.05, 4.69) is 6.07 Å². The summed E-state index contributed by atoms with van der Waals surface area (Å²) in [5.74, 6) is -0.872. The van der Waals surface area contributed by atoms with Crippen molar-refractivity contribution in [2.75, 3.05) is 13.2 Å². The second-order valence-electron chi connectivity index (χ2n) is 5.10. The van der Waals surface area contributed by atoms with E-state index in [1.807, 2.05) is 44.2 Å². The maximum absolute atomic E-state index is 12.6. The first-order chi connectivity index (χ1) is 10.2. The third-order valence-electron chi connectivity index (χ3n) is 3.74. The second-order valence-corrected chi connectivity index (χ2v) is 5.10. The molecular formula is C17H24N2O2. The standard InChI is InChI=1S/C17H24N2O2/c1-3-16(4-2)19(10-11-20)17(21)15(13-18)12-14-8-6-5-7-9-14/h5-9,15-16,20H,3-4,10-12H2,1-2H3. The number of aliphatic hydroxyl groups excluding tert-OH is 1. The monoisotopic (exact) mass is 288 g/mol. The topological polar surface area (TPSA) is 64.3 Å². The fourth-order valence-electron chi connectivity index (χ4n) is 2.55. The van der Waals surface area contributed by atoms with Crippen LogP contribution in [0.5, 0.6) is 0 Å². The fourth-order valence-corrected chi connectivity index (χ4v) is 2.55. The van der Waals surface area contributed by atoms with E-state index in [9.17, 15) is 15.2 Å². The lowest BCUT2D eigenvalue weighted by Gasteiger charge is -2.31. The van der Waals surface area contributed by atoms with Crippen LogP contribution in [0.15, 0.2) is 30.3 Å². The van der Waals surface area contributed by atoms with Crippen molar-refractivity contribution >= 4 is 5.91 Å². The van der Waals surface area contributed by atoms with Gasteiger partial charge < -0.3 is 10.0 Å². The van der Waals surface area contributed by atoms with Crippen LogP contribution in [0.25, 0.3) is 0 Å². The van der Waals surface area contributed by atoms with Gasteiger partial charge >= 0.3 is 0 Å². The van der Waals surface area contributed by atoms with Crippen LogP contribution >= 0.6 is 0 Å².